The molecule has 0 fully saturated rings. The molecule has 1 aliphatic rings. The number of hydrogen-bond acceptors (Lipinski definition) is 5. The van der Waals surface area contributed by atoms with E-state index in [9.17, 15) is 9.90 Å². The number of methoxy groups -OCH3 is 1. The molecule has 0 saturated heterocycles. The fraction of sp³-hybridized carbons (Fsp3) is 0.278. The van der Waals surface area contributed by atoms with E-state index in [1.807, 2.05) is 13.8 Å². The average Bonchev–Trinajstić information content (AvgIpc) is 2.58. The highest BCUT2D eigenvalue weighted by Gasteiger charge is 2.23. The van der Waals surface area contributed by atoms with Gasteiger partial charge in [-0.15, -0.1) is 0 Å². The van der Waals surface area contributed by atoms with Crippen molar-refractivity contribution in [3.8, 4) is 0 Å². The molecule has 0 bridgehead atoms. The van der Waals surface area contributed by atoms with Crippen LogP contribution in [-0.4, -0.2) is 35.4 Å². The quantitative estimate of drug-likeness (QED) is 0.771. The third-order valence-corrected chi connectivity index (χ3v) is 3.74. The summed E-state index contributed by atoms with van der Waals surface area (Å²) in [6.07, 6.45) is 3.08. The van der Waals surface area contributed by atoms with E-state index >= 15 is 0 Å². The Morgan fingerprint density at radius 3 is 2.75 bits per heavy atom. The Morgan fingerprint density at radius 1 is 1.42 bits per heavy atom. The Morgan fingerprint density at radius 2 is 2.12 bits per heavy atom. The molecule has 0 radical (unpaired) electrons. The SMILES string of the molecule is C=C1C=C(NC(=O)c2cccc(C(C)(C)CO)n2)C(OC)=CC1=N. The van der Waals surface area contributed by atoms with E-state index in [0.717, 1.165) is 0 Å². The maximum atomic E-state index is 12.5. The third-order valence-electron chi connectivity index (χ3n) is 3.74. The predicted octanol–water partition coefficient (Wildman–Crippen LogP) is 2.09. The lowest BCUT2D eigenvalue weighted by Crippen LogP contribution is -2.29. The number of rotatable bonds is 5. The molecule has 0 saturated carbocycles. The maximum absolute atomic E-state index is 12.5. The first-order chi connectivity index (χ1) is 11.3. The highest BCUT2D eigenvalue weighted by Crippen LogP contribution is 2.21. The fourth-order valence-corrected chi connectivity index (χ4v) is 2.10. The van der Waals surface area contributed by atoms with Crippen molar-refractivity contribution in [1.29, 1.82) is 5.41 Å². The first-order valence-corrected chi connectivity index (χ1v) is 7.44. The molecule has 126 valence electrons. The Bertz CT molecular complexity index is 761. The molecule has 1 aliphatic carbocycles. The van der Waals surface area contributed by atoms with Gasteiger partial charge >= 0.3 is 0 Å². The smallest absolute Gasteiger partial charge is 0.274 e. The summed E-state index contributed by atoms with van der Waals surface area (Å²) in [6, 6.07) is 5.10. The minimum atomic E-state index is -0.540. The van der Waals surface area contributed by atoms with Gasteiger partial charge in [-0.1, -0.05) is 26.5 Å². The van der Waals surface area contributed by atoms with Gasteiger partial charge in [-0.25, -0.2) is 4.98 Å². The van der Waals surface area contributed by atoms with E-state index in [4.69, 9.17) is 10.1 Å². The molecule has 1 aromatic rings. The number of hydrogen-bond donors (Lipinski definition) is 3. The van der Waals surface area contributed by atoms with Crippen LogP contribution >= 0.6 is 0 Å². The molecular formula is C18H21N3O3. The van der Waals surface area contributed by atoms with Gasteiger partial charge in [0.1, 0.15) is 11.5 Å². The molecule has 0 spiro atoms. The van der Waals surface area contributed by atoms with Crippen LogP contribution in [0.1, 0.15) is 30.0 Å². The second kappa shape index (κ2) is 6.80. The summed E-state index contributed by atoms with van der Waals surface area (Å²) in [5.74, 6) is -0.0198. The van der Waals surface area contributed by atoms with Crippen LogP contribution in [-0.2, 0) is 10.2 Å². The second-order valence-electron chi connectivity index (χ2n) is 6.11. The largest absolute Gasteiger partial charge is 0.494 e. The molecule has 0 aromatic carbocycles. The number of carbonyl (C=O) groups is 1. The number of amides is 1. The molecule has 0 atom stereocenters. The molecule has 3 N–H and O–H groups in total. The zero-order valence-corrected chi connectivity index (χ0v) is 14.0. The van der Waals surface area contributed by atoms with Gasteiger partial charge in [0.2, 0.25) is 0 Å². The van der Waals surface area contributed by atoms with E-state index in [2.05, 4.69) is 16.9 Å². The number of aromatic nitrogens is 1. The number of ether oxygens (including phenoxy) is 1. The van der Waals surface area contributed by atoms with Gasteiger partial charge in [-0.2, -0.15) is 0 Å². The minimum absolute atomic E-state index is 0.0747. The lowest BCUT2D eigenvalue weighted by molar-refractivity contribution is 0.0957. The summed E-state index contributed by atoms with van der Waals surface area (Å²) in [6.45, 7) is 7.38. The number of nitrogens with one attached hydrogen (secondary N) is 2. The van der Waals surface area contributed by atoms with Crippen LogP contribution in [0.15, 0.2) is 54.0 Å². The van der Waals surface area contributed by atoms with Crippen LogP contribution in [0.25, 0.3) is 0 Å². The highest BCUT2D eigenvalue weighted by molar-refractivity contribution is 6.10. The Balaban J connectivity index is 2.26. The van der Waals surface area contributed by atoms with Crippen molar-refractivity contribution in [3.63, 3.8) is 0 Å². The number of allylic oxidation sites excluding steroid dienone is 3. The van der Waals surface area contributed by atoms with Gasteiger partial charge < -0.3 is 20.6 Å². The molecule has 0 unspecified atom stereocenters. The van der Waals surface area contributed by atoms with Crippen LogP contribution in [0.3, 0.4) is 0 Å². The van der Waals surface area contributed by atoms with E-state index in [-0.39, 0.29) is 18.0 Å². The monoisotopic (exact) mass is 327 g/mol. The summed E-state index contributed by atoms with van der Waals surface area (Å²) in [7, 11) is 1.47. The molecule has 1 heterocycles. The molecule has 2 rings (SSSR count). The predicted molar refractivity (Wildman–Crippen MR) is 91.9 cm³/mol. The van der Waals surface area contributed by atoms with E-state index in [1.54, 1.807) is 24.3 Å². The van der Waals surface area contributed by atoms with Gasteiger partial charge in [-0.05, 0) is 23.8 Å². The van der Waals surface area contributed by atoms with Crippen molar-refractivity contribution in [3.05, 3.63) is 65.3 Å². The zero-order valence-electron chi connectivity index (χ0n) is 14.0. The molecule has 1 amide bonds. The van der Waals surface area contributed by atoms with Crippen LogP contribution in [0.2, 0.25) is 0 Å². The zero-order chi connectivity index (χ0) is 17.9. The van der Waals surface area contributed by atoms with Gasteiger partial charge in [0.15, 0.2) is 0 Å². The standard InChI is InChI=1S/C18H21N3O3/c1-11-8-14(15(24-4)9-12(11)19)21-17(23)13-6-5-7-16(20-13)18(2,3)10-22/h5-9,19,22H,1,10H2,2-4H3,(H,21,23). The molecule has 6 heteroatoms. The Kier molecular flexibility index (Phi) is 4.99. The molecule has 6 nitrogen and oxygen atoms in total. The van der Waals surface area contributed by atoms with Gasteiger partial charge in [-0.3, -0.25) is 4.79 Å². The minimum Gasteiger partial charge on any atom is -0.494 e. The molecule has 0 aliphatic heterocycles. The van der Waals surface area contributed by atoms with Crippen LogP contribution in [0.5, 0.6) is 0 Å². The normalized spacial score (nSPS) is 14.8. The topological polar surface area (TPSA) is 95.3 Å². The summed E-state index contributed by atoms with van der Waals surface area (Å²) < 4.78 is 5.20. The second-order valence-corrected chi connectivity index (χ2v) is 6.11. The first-order valence-electron chi connectivity index (χ1n) is 7.44. The summed E-state index contributed by atoms with van der Waals surface area (Å²) in [5, 5.41) is 19.9. The van der Waals surface area contributed by atoms with E-state index in [0.29, 0.717) is 22.7 Å². The van der Waals surface area contributed by atoms with Crippen LogP contribution in [0.4, 0.5) is 0 Å². The number of carbonyl (C=O) groups excluding carboxylic acids is 1. The van der Waals surface area contributed by atoms with Crippen molar-refractivity contribution in [2.24, 2.45) is 0 Å². The van der Waals surface area contributed by atoms with Crippen LogP contribution < -0.4 is 5.32 Å². The van der Waals surface area contributed by atoms with Crippen molar-refractivity contribution in [1.82, 2.24) is 10.3 Å². The summed E-state index contributed by atoms with van der Waals surface area (Å²) >= 11 is 0. The Hall–Kier alpha value is -2.73. The van der Waals surface area contributed by atoms with Crippen LogP contribution in [0, 0.1) is 5.41 Å². The molecule has 1 aromatic heterocycles. The van der Waals surface area contributed by atoms with Crippen molar-refractivity contribution >= 4 is 11.6 Å². The molecule has 24 heavy (non-hydrogen) atoms. The number of aliphatic hydroxyl groups excluding tert-OH is 1. The Labute approximate surface area is 141 Å². The molecular weight excluding hydrogens is 306 g/mol. The van der Waals surface area contributed by atoms with Gasteiger partial charge in [0.25, 0.3) is 5.91 Å². The van der Waals surface area contributed by atoms with Gasteiger partial charge in [0.05, 0.1) is 25.1 Å². The number of nitrogens with zero attached hydrogens (tertiary/aromatic N) is 1. The summed E-state index contributed by atoms with van der Waals surface area (Å²) in [4.78, 5) is 16.8. The average molecular weight is 327 g/mol. The van der Waals surface area contributed by atoms with Crippen molar-refractivity contribution < 1.29 is 14.6 Å². The third kappa shape index (κ3) is 3.60. The van der Waals surface area contributed by atoms with E-state index < -0.39 is 11.3 Å². The van der Waals surface area contributed by atoms with Crippen molar-refractivity contribution in [2.75, 3.05) is 13.7 Å². The summed E-state index contributed by atoms with van der Waals surface area (Å²) in [5.41, 5.74) is 1.46. The lowest BCUT2D eigenvalue weighted by Gasteiger charge is -2.21. The highest BCUT2D eigenvalue weighted by atomic mass is 16.5. The van der Waals surface area contributed by atoms with Crippen molar-refractivity contribution in [2.45, 2.75) is 19.3 Å². The number of aliphatic hydroxyl groups is 1. The maximum Gasteiger partial charge on any atom is 0.274 e. The first kappa shape index (κ1) is 17.6. The lowest BCUT2D eigenvalue weighted by atomic mass is 9.90. The fourth-order valence-electron chi connectivity index (χ4n) is 2.10. The van der Waals surface area contributed by atoms with E-state index in [1.165, 1.54) is 13.2 Å². The number of pyridine rings is 1. The van der Waals surface area contributed by atoms with Gasteiger partial charge in [0, 0.05) is 17.2 Å².